The van der Waals surface area contributed by atoms with E-state index in [0.29, 0.717) is 13.1 Å². The van der Waals surface area contributed by atoms with Gasteiger partial charge in [-0.1, -0.05) is 13.0 Å². The lowest BCUT2D eigenvalue weighted by Gasteiger charge is -2.14. The second-order valence-corrected chi connectivity index (χ2v) is 2.74. The second-order valence-electron chi connectivity index (χ2n) is 2.74. The quantitative estimate of drug-likeness (QED) is 0.468. The molecule has 0 aliphatic rings. The van der Waals surface area contributed by atoms with Crippen molar-refractivity contribution in [2.45, 2.75) is 13.3 Å². The molecule has 0 aromatic heterocycles. The predicted octanol–water partition coefficient (Wildman–Crippen LogP) is 0.630. The van der Waals surface area contributed by atoms with Gasteiger partial charge in [0.25, 0.3) is 0 Å². The van der Waals surface area contributed by atoms with Gasteiger partial charge in [-0.2, -0.15) is 0 Å². The number of carbonyl (C=O) groups is 1. The number of carbonyl (C=O) groups excluding carboxylic acids is 1. The summed E-state index contributed by atoms with van der Waals surface area (Å²) in [5, 5.41) is 3.05. The molecule has 0 fully saturated rings. The number of hydrogen-bond donors (Lipinski definition) is 1. The Kier molecular flexibility index (Phi) is 6.38. The van der Waals surface area contributed by atoms with E-state index in [1.807, 2.05) is 0 Å². The van der Waals surface area contributed by atoms with E-state index in [4.69, 9.17) is 0 Å². The van der Waals surface area contributed by atoms with Gasteiger partial charge in [0, 0.05) is 13.6 Å². The fraction of sp³-hybridized carbons (Fsp3) is 0.667. The smallest absolute Gasteiger partial charge is 0.236 e. The first-order chi connectivity index (χ1) is 5.72. The number of nitrogens with one attached hydrogen (secondary N) is 1. The molecule has 1 N–H and O–H groups in total. The zero-order valence-corrected chi connectivity index (χ0v) is 7.97. The van der Waals surface area contributed by atoms with Gasteiger partial charge in [-0.25, -0.2) is 0 Å². The molecule has 3 nitrogen and oxygen atoms in total. The molecule has 0 heterocycles. The largest absolute Gasteiger partial charge is 0.341 e. The fourth-order valence-corrected chi connectivity index (χ4v) is 0.803. The molecule has 0 bridgehead atoms. The summed E-state index contributed by atoms with van der Waals surface area (Å²) in [6.45, 7) is 7.58. The van der Waals surface area contributed by atoms with Gasteiger partial charge < -0.3 is 10.2 Å². The highest BCUT2D eigenvalue weighted by Crippen LogP contribution is 1.83. The summed E-state index contributed by atoms with van der Waals surface area (Å²) in [5.41, 5.74) is 0. The Balaban J connectivity index is 3.49. The van der Waals surface area contributed by atoms with Crippen LogP contribution >= 0.6 is 0 Å². The topological polar surface area (TPSA) is 32.3 Å². The van der Waals surface area contributed by atoms with Crippen molar-refractivity contribution >= 4 is 5.91 Å². The summed E-state index contributed by atoms with van der Waals surface area (Å²) >= 11 is 0. The number of rotatable bonds is 6. The molecule has 0 aliphatic heterocycles. The first-order valence-corrected chi connectivity index (χ1v) is 4.28. The van der Waals surface area contributed by atoms with E-state index in [9.17, 15) is 4.79 Å². The van der Waals surface area contributed by atoms with E-state index in [1.54, 1.807) is 18.0 Å². The van der Waals surface area contributed by atoms with Gasteiger partial charge in [0.15, 0.2) is 0 Å². The standard InChI is InChI=1S/C9H18N2O/c1-4-6-10-8-9(12)11(3)7-5-2/h5,10H,2,4,6-8H2,1,3H3. The minimum absolute atomic E-state index is 0.114. The third kappa shape index (κ3) is 4.91. The molecular formula is C9H18N2O. The Morgan fingerprint density at radius 3 is 2.83 bits per heavy atom. The maximum atomic E-state index is 11.2. The lowest BCUT2D eigenvalue weighted by atomic mass is 10.4. The summed E-state index contributed by atoms with van der Waals surface area (Å²) in [4.78, 5) is 12.9. The molecule has 0 radical (unpaired) electrons. The van der Waals surface area contributed by atoms with Gasteiger partial charge >= 0.3 is 0 Å². The van der Waals surface area contributed by atoms with Crippen LogP contribution in [-0.4, -0.2) is 37.5 Å². The Morgan fingerprint density at radius 2 is 2.33 bits per heavy atom. The summed E-state index contributed by atoms with van der Waals surface area (Å²) in [6, 6.07) is 0. The first-order valence-electron chi connectivity index (χ1n) is 4.28. The molecule has 70 valence electrons. The van der Waals surface area contributed by atoms with Crippen LogP contribution in [-0.2, 0) is 4.79 Å². The van der Waals surface area contributed by atoms with Crippen molar-refractivity contribution in [3.8, 4) is 0 Å². The second kappa shape index (κ2) is 6.85. The van der Waals surface area contributed by atoms with E-state index < -0.39 is 0 Å². The minimum Gasteiger partial charge on any atom is -0.341 e. The van der Waals surface area contributed by atoms with Crippen LogP contribution in [0.3, 0.4) is 0 Å². The molecule has 0 unspecified atom stereocenters. The van der Waals surface area contributed by atoms with Gasteiger partial charge in [-0.15, -0.1) is 6.58 Å². The zero-order valence-electron chi connectivity index (χ0n) is 7.97. The zero-order chi connectivity index (χ0) is 9.40. The first kappa shape index (κ1) is 11.2. The summed E-state index contributed by atoms with van der Waals surface area (Å²) in [6.07, 6.45) is 2.77. The third-order valence-electron chi connectivity index (χ3n) is 1.53. The van der Waals surface area contributed by atoms with Crippen LogP contribution in [0.4, 0.5) is 0 Å². The molecule has 0 aliphatic carbocycles. The molecule has 3 heteroatoms. The SMILES string of the molecule is C=CCN(C)C(=O)CNCCC. The molecule has 0 rings (SSSR count). The van der Waals surface area contributed by atoms with E-state index in [0.717, 1.165) is 13.0 Å². The molecule has 12 heavy (non-hydrogen) atoms. The fourth-order valence-electron chi connectivity index (χ4n) is 0.803. The molecule has 0 atom stereocenters. The van der Waals surface area contributed by atoms with Crippen molar-refractivity contribution in [3.63, 3.8) is 0 Å². The van der Waals surface area contributed by atoms with Gasteiger partial charge in [0.2, 0.25) is 5.91 Å². The third-order valence-corrected chi connectivity index (χ3v) is 1.53. The van der Waals surface area contributed by atoms with E-state index in [-0.39, 0.29) is 5.91 Å². The Morgan fingerprint density at radius 1 is 1.67 bits per heavy atom. The van der Waals surface area contributed by atoms with Crippen molar-refractivity contribution in [3.05, 3.63) is 12.7 Å². The Hall–Kier alpha value is -0.830. The minimum atomic E-state index is 0.114. The van der Waals surface area contributed by atoms with Crippen LogP contribution in [0.1, 0.15) is 13.3 Å². The number of hydrogen-bond acceptors (Lipinski definition) is 2. The summed E-state index contributed by atoms with van der Waals surface area (Å²) < 4.78 is 0. The van der Waals surface area contributed by atoms with Crippen molar-refractivity contribution in [1.29, 1.82) is 0 Å². The molecule has 0 saturated heterocycles. The maximum absolute atomic E-state index is 11.2. The van der Waals surface area contributed by atoms with Crippen LogP contribution in [0.15, 0.2) is 12.7 Å². The number of likely N-dealkylation sites (N-methyl/N-ethyl adjacent to an activating group) is 1. The van der Waals surface area contributed by atoms with E-state index in [1.165, 1.54) is 0 Å². The van der Waals surface area contributed by atoms with Crippen LogP contribution in [0.25, 0.3) is 0 Å². The molecule has 0 aromatic carbocycles. The lowest BCUT2D eigenvalue weighted by Crippen LogP contribution is -2.35. The number of amides is 1. The van der Waals surface area contributed by atoms with Crippen molar-refractivity contribution in [2.75, 3.05) is 26.7 Å². The van der Waals surface area contributed by atoms with E-state index in [2.05, 4.69) is 18.8 Å². The van der Waals surface area contributed by atoms with E-state index >= 15 is 0 Å². The highest BCUT2D eigenvalue weighted by atomic mass is 16.2. The molecule has 0 saturated carbocycles. The monoisotopic (exact) mass is 170 g/mol. The van der Waals surface area contributed by atoms with Crippen LogP contribution in [0.5, 0.6) is 0 Å². The van der Waals surface area contributed by atoms with Gasteiger partial charge in [0.05, 0.1) is 6.54 Å². The van der Waals surface area contributed by atoms with Crippen molar-refractivity contribution in [2.24, 2.45) is 0 Å². The average molecular weight is 170 g/mol. The average Bonchev–Trinajstić information content (AvgIpc) is 2.05. The normalized spacial score (nSPS) is 9.50. The molecular weight excluding hydrogens is 152 g/mol. The van der Waals surface area contributed by atoms with Crippen LogP contribution in [0, 0.1) is 0 Å². The highest BCUT2D eigenvalue weighted by molar-refractivity contribution is 5.78. The number of nitrogens with zero attached hydrogens (tertiary/aromatic N) is 1. The predicted molar refractivity (Wildman–Crippen MR) is 51.0 cm³/mol. The Bertz CT molecular complexity index is 145. The summed E-state index contributed by atoms with van der Waals surface area (Å²) in [7, 11) is 1.78. The van der Waals surface area contributed by atoms with Crippen LogP contribution < -0.4 is 5.32 Å². The van der Waals surface area contributed by atoms with Crippen LogP contribution in [0.2, 0.25) is 0 Å². The van der Waals surface area contributed by atoms with Gasteiger partial charge in [-0.3, -0.25) is 4.79 Å². The lowest BCUT2D eigenvalue weighted by molar-refractivity contribution is -0.128. The summed E-state index contributed by atoms with van der Waals surface area (Å²) in [5.74, 6) is 0.114. The van der Waals surface area contributed by atoms with Gasteiger partial charge in [-0.05, 0) is 13.0 Å². The maximum Gasteiger partial charge on any atom is 0.236 e. The highest BCUT2D eigenvalue weighted by Gasteiger charge is 2.04. The van der Waals surface area contributed by atoms with Gasteiger partial charge in [0.1, 0.15) is 0 Å². The van der Waals surface area contributed by atoms with Crippen molar-refractivity contribution < 1.29 is 4.79 Å². The molecule has 0 aromatic rings. The Labute approximate surface area is 74.4 Å². The molecule has 1 amide bonds. The molecule has 0 spiro atoms. The van der Waals surface area contributed by atoms with Crippen molar-refractivity contribution in [1.82, 2.24) is 10.2 Å².